The molecule has 0 amide bonds. The van der Waals surface area contributed by atoms with E-state index in [-0.39, 0.29) is 0 Å². The molecule has 0 aromatic carbocycles. The van der Waals surface area contributed by atoms with Crippen LogP contribution in [0.1, 0.15) is 11.3 Å². The average Bonchev–Trinajstić information content (AvgIpc) is 2.59. The lowest BCUT2D eigenvalue weighted by atomic mass is 10.2. The lowest BCUT2D eigenvalue weighted by molar-refractivity contribution is 1.40. The summed E-state index contributed by atoms with van der Waals surface area (Å²) >= 11 is 1.78. The number of rotatable bonds is 1. The van der Waals surface area contributed by atoms with E-state index in [1.807, 2.05) is 0 Å². The van der Waals surface area contributed by atoms with Gasteiger partial charge < -0.3 is 0 Å². The van der Waals surface area contributed by atoms with Crippen LogP contribution < -0.4 is 0 Å². The maximum Gasteiger partial charge on any atom is 0.0339 e. The summed E-state index contributed by atoms with van der Waals surface area (Å²) in [6.07, 6.45) is 8.39. The Morgan fingerprint density at radius 3 is 3.10 bits per heavy atom. The van der Waals surface area contributed by atoms with E-state index in [9.17, 15) is 0 Å². The molecule has 0 saturated carbocycles. The van der Waals surface area contributed by atoms with Gasteiger partial charge >= 0.3 is 0 Å². The van der Waals surface area contributed by atoms with E-state index in [4.69, 9.17) is 0 Å². The van der Waals surface area contributed by atoms with Crippen LogP contribution in [0, 0.1) is 6.08 Å². The standard InChI is InChI=1S/C9H7S/c1-2-5-8(4-1)9-6-3-7-10-9/h3-7H,1H2. The Hall–Kier alpha value is -0.820. The molecule has 1 heteroatoms. The van der Waals surface area contributed by atoms with Gasteiger partial charge in [0.05, 0.1) is 0 Å². The third kappa shape index (κ3) is 0.929. The fourth-order valence-electron chi connectivity index (χ4n) is 1.01. The number of allylic oxidation sites excluding steroid dienone is 4. The van der Waals surface area contributed by atoms with Crippen LogP contribution in [0.4, 0.5) is 0 Å². The van der Waals surface area contributed by atoms with Gasteiger partial charge in [0.15, 0.2) is 0 Å². The molecule has 1 aromatic rings. The van der Waals surface area contributed by atoms with Crippen LogP contribution in [0.5, 0.6) is 0 Å². The largest absolute Gasteiger partial charge is 0.144 e. The smallest absolute Gasteiger partial charge is 0.0339 e. The first-order chi connectivity index (χ1) is 4.97. The van der Waals surface area contributed by atoms with E-state index in [2.05, 4.69) is 35.7 Å². The monoisotopic (exact) mass is 147 g/mol. The molecule has 0 nitrogen and oxygen atoms in total. The molecule has 10 heavy (non-hydrogen) atoms. The van der Waals surface area contributed by atoms with Crippen LogP contribution in [0.2, 0.25) is 0 Å². The van der Waals surface area contributed by atoms with E-state index in [1.54, 1.807) is 11.3 Å². The quantitative estimate of drug-likeness (QED) is 0.573. The maximum atomic E-state index is 3.15. The molecule has 1 radical (unpaired) electrons. The second kappa shape index (κ2) is 2.43. The Labute approximate surface area is 64.5 Å². The molecule has 0 atom stereocenters. The van der Waals surface area contributed by atoms with E-state index in [0.29, 0.717) is 0 Å². The Morgan fingerprint density at radius 2 is 2.50 bits per heavy atom. The summed E-state index contributed by atoms with van der Waals surface area (Å²) in [6.45, 7) is 0. The van der Waals surface area contributed by atoms with Gasteiger partial charge in [0.25, 0.3) is 0 Å². The van der Waals surface area contributed by atoms with Crippen molar-refractivity contribution in [2.24, 2.45) is 0 Å². The first kappa shape index (κ1) is 5.93. The molecule has 1 heterocycles. The molecule has 2 rings (SSSR count). The van der Waals surface area contributed by atoms with Gasteiger partial charge in [-0.15, -0.1) is 11.3 Å². The second-order valence-electron chi connectivity index (χ2n) is 2.19. The summed E-state index contributed by atoms with van der Waals surface area (Å²) in [5, 5.41) is 2.10. The summed E-state index contributed by atoms with van der Waals surface area (Å²) < 4.78 is 0. The summed E-state index contributed by atoms with van der Waals surface area (Å²) in [5.74, 6) is 0. The van der Waals surface area contributed by atoms with Crippen molar-refractivity contribution in [1.29, 1.82) is 0 Å². The predicted molar refractivity (Wildman–Crippen MR) is 44.7 cm³/mol. The molecule has 0 fully saturated rings. The topological polar surface area (TPSA) is 0 Å². The predicted octanol–water partition coefficient (Wildman–Crippen LogP) is 2.89. The highest BCUT2D eigenvalue weighted by Gasteiger charge is 2.00. The van der Waals surface area contributed by atoms with Gasteiger partial charge in [-0.2, -0.15) is 0 Å². The minimum Gasteiger partial charge on any atom is -0.144 e. The van der Waals surface area contributed by atoms with E-state index in [1.165, 1.54) is 10.5 Å². The highest BCUT2D eigenvalue weighted by atomic mass is 32.1. The lowest BCUT2D eigenvalue weighted by Gasteiger charge is -1.89. The third-order valence-corrected chi connectivity index (χ3v) is 2.42. The van der Waals surface area contributed by atoms with Crippen molar-refractivity contribution < 1.29 is 0 Å². The second-order valence-corrected chi connectivity index (χ2v) is 3.14. The fourth-order valence-corrected chi connectivity index (χ4v) is 1.75. The van der Waals surface area contributed by atoms with E-state index < -0.39 is 0 Å². The number of thiophene rings is 1. The molecule has 0 N–H and O–H groups in total. The van der Waals surface area contributed by atoms with Crippen LogP contribution in [-0.4, -0.2) is 0 Å². The van der Waals surface area contributed by atoms with E-state index >= 15 is 0 Å². The zero-order valence-corrected chi connectivity index (χ0v) is 6.32. The molecule has 0 saturated heterocycles. The molecular weight excluding hydrogens is 140 g/mol. The third-order valence-electron chi connectivity index (χ3n) is 1.50. The van der Waals surface area contributed by atoms with Gasteiger partial charge in [-0.3, -0.25) is 0 Å². The van der Waals surface area contributed by atoms with Gasteiger partial charge in [-0.1, -0.05) is 18.2 Å². The molecular formula is C9H7S. The average molecular weight is 147 g/mol. The Bertz CT molecular complexity index is 265. The highest BCUT2D eigenvalue weighted by molar-refractivity contribution is 7.11. The molecule has 49 valence electrons. The SMILES string of the molecule is [C]1=CC(c2cccs2)=CC1. The van der Waals surface area contributed by atoms with Crippen LogP contribution in [0.15, 0.2) is 29.7 Å². The van der Waals surface area contributed by atoms with Crippen molar-refractivity contribution in [3.63, 3.8) is 0 Å². The normalized spacial score (nSPS) is 15.8. The van der Waals surface area contributed by atoms with Gasteiger partial charge in [-0.05, 0) is 29.5 Å². The zero-order chi connectivity index (χ0) is 6.81. The van der Waals surface area contributed by atoms with Crippen molar-refractivity contribution in [3.8, 4) is 0 Å². The van der Waals surface area contributed by atoms with Gasteiger partial charge in [0, 0.05) is 4.88 Å². The molecule has 1 aromatic heterocycles. The van der Waals surface area contributed by atoms with Crippen LogP contribution in [0.25, 0.3) is 5.57 Å². The van der Waals surface area contributed by atoms with Crippen molar-refractivity contribution in [3.05, 3.63) is 40.6 Å². The maximum absolute atomic E-state index is 3.15. The summed E-state index contributed by atoms with van der Waals surface area (Å²) in [6, 6.07) is 4.22. The van der Waals surface area contributed by atoms with Crippen LogP contribution in [-0.2, 0) is 0 Å². The van der Waals surface area contributed by atoms with Gasteiger partial charge in [0.1, 0.15) is 0 Å². The lowest BCUT2D eigenvalue weighted by Crippen LogP contribution is -1.66. The van der Waals surface area contributed by atoms with Crippen molar-refractivity contribution in [2.45, 2.75) is 6.42 Å². The molecule has 0 aliphatic heterocycles. The molecule has 1 aliphatic rings. The zero-order valence-electron chi connectivity index (χ0n) is 5.50. The first-order valence-corrected chi connectivity index (χ1v) is 4.15. The van der Waals surface area contributed by atoms with Crippen molar-refractivity contribution in [2.75, 3.05) is 0 Å². The van der Waals surface area contributed by atoms with Crippen LogP contribution in [0.3, 0.4) is 0 Å². The van der Waals surface area contributed by atoms with E-state index in [0.717, 1.165) is 6.42 Å². The fraction of sp³-hybridized carbons (Fsp3) is 0.111. The summed E-state index contributed by atoms with van der Waals surface area (Å²) in [4.78, 5) is 1.35. The summed E-state index contributed by atoms with van der Waals surface area (Å²) in [7, 11) is 0. The Kier molecular flexibility index (Phi) is 1.44. The van der Waals surface area contributed by atoms with Crippen molar-refractivity contribution >= 4 is 16.9 Å². The molecule has 0 unspecified atom stereocenters. The molecule has 0 bridgehead atoms. The number of hydrogen-bond acceptors (Lipinski definition) is 1. The summed E-state index contributed by atoms with van der Waals surface area (Å²) in [5.41, 5.74) is 1.33. The highest BCUT2D eigenvalue weighted by Crippen LogP contribution is 2.24. The van der Waals surface area contributed by atoms with Gasteiger partial charge in [0.2, 0.25) is 0 Å². The minimum absolute atomic E-state index is 0.979. The minimum atomic E-state index is 0.979. The Balaban J connectivity index is 2.36. The Morgan fingerprint density at radius 1 is 1.50 bits per heavy atom. The molecule has 0 spiro atoms. The van der Waals surface area contributed by atoms with Crippen LogP contribution >= 0.6 is 11.3 Å². The number of hydrogen-bond donors (Lipinski definition) is 0. The van der Waals surface area contributed by atoms with Gasteiger partial charge in [-0.25, -0.2) is 0 Å². The molecule has 1 aliphatic carbocycles. The van der Waals surface area contributed by atoms with Crippen molar-refractivity contribution in [1.82, 2.24) is 0 Å². The first-order valence-electron chi connectivity index (χ1n) is 3.27.